The van der Waals surface area contributed by atoms with E-state index in [0.717, 1.165) is 17.3 Å². The smallest absolute Gasteiger partial charge is 0.350 e. The Kier molecular flexibility index (Phi) is 6.34. The molecule has 0 radical (unpaired) electrons. The summed E-state index contributed by atoms with van der Waals surface area (Å²) >= 11 is 0. The summed E-state index contributed by atoms with van der Waals surface area (Å²) in [6.07, 6.45) is 2.40. The fraction of sp³-hybridized carbons (Fsp3) is 0. The van der Waals surface area contributed by atoms with Gasteiger partial charge < -0.3 is 4.74 Å². The number of pyridine rings is 2. The van der Waals surface area contributed by atoms with E-state index >= 15 is 0 Å². The molecule has 10 aromatic carbocycles. The van der Waals surface area contributed by atoms with Crippen molar-refractivity contribution in [2.75, 3.05) is 4.90 Å². The SMILES string of the molecule is c1ccc2c(c1)-c1ccccc1[Si]21c2cccc3c2N2c4c1cccc4[Si]1(c4ccccc4-c4ccccc41)c1ccc4[n+](c12)[N+]31c2c(ccc3c2-n2c5c(cccc5c5ccc[n+]1c52)[Si]31c2ccccc2-c2ccccc21)O4. The average molecular weight is 1050 g/mol. The third-order valence-electron chi connectivity index (χ3n) is 20.5. The zero-order valence-electron chi connectivity index (χ0n) is 42.2. The van der Waals surface area contributed by atoms with Crippen LogP contribution in [0.5, 0.6) is 11.6 Å². The van der Waals surface area contributed by atoms with Crippen molar-refractivity contribution in [3.63, 3.8) is 0 Å². The molecule has 0 amide bonds. The van der Waals surface area contributed by atoms with E-state index < -0.39 is 24.2 Å². The molecule has 13 aromatic rings. The van der Waals surface area contributed by atoms with Crippen molar-refractivity contribution < 1.29 is 14.1 Å². The van der Waals surface area contributed by atoms with Crippen LogP contribution in [0.4, 0.5) is 28.6 Å². The number of quaternary nitrogens is 1. The lowest BCUT2D eigenvalue weighted by Crippen LogP contribution is -2.91. The molecular weight excluding hydrogens is 1010 g/mol. The van der Waals surface area contributed by atoms with Gasteiger partial charge in [0.15, 0.2) is 30.4 Å². The number of hydrogen-bond donors (Lipinski definition) is 0. The topological polar surface area (TPSA) is 25.2 Å². The predicted molar refractivity (Wildman–Crippen MR) is 323 cm³/mol. The third-order valence-corrected chi connectivity index (χ3v) is 35.3. The molecule has 1 atom stereocenters. The highest BCUT2D eigenvalue weighted by atomic mass is 28.3. The second-order valence-electron chi connectivity index (χ2n) is 23.1. The highest BCUT2D eigenvalue weighted by molar-refractivity contribution is 7.27. The molecule has 0 saturated carbocycles. The van der Waals surface area contributed by atoms with Gasteiger partial charge in [-0.3, -0.25) is 0 Å². The minimum atomic E-state index is -3.19. The van der Waals surface area contributed by atoms with Crippen LogP contribution < -0.4 is 85.9 Å². The van der Waals surface area contributed by atoms with Gasteiger partial charge in [-0.1, -0.05) is 194 Å². The van der Waals surface area contributed by atoms with Crippen molar-refractivity contribution in [3.8, 4) is 50.7 Å². The molecule has 9 aliphatic rings. The molecule has 6 nitrogen and oxygen atoms in total. The monoisotopic (exact) mass is 1050 g/mol. The van der Waals surface area contributed by atoms with Crippen LogP contribution in [0.1, 0.15) is 0 Å². The predicted octanol–water partition coefficient (Wildman–Crippen LogP) is 6.14. The lowest BCUT2D eigenvalue weighted by Gasteiger charge is -2.50. The Balaban J connectivity index is 1.01. The molecule has 0 fully saturated rings. The lowest BCUT2D eigenvalue weighted by molar-refractivity contribution is -1.03. The molecule has 0 aliphatic carbocycles. The van der Waals surface area contributed by atoms with Crippen LogP contribution in [0.15, 0.2) is 243 Å². The first-order valence-corrected chi connectivity index (χ1v) is 33.7. The summed E-state index contributed by atoms with van der Waals surface area (Å²) in [4.78, 5) is 2.79. The normalized spacial score (nSPS) is 18.3. The summed E-state index contributed by atoms with van der Waals surface area (Å²) in [5.41, 5.74) is 17.0. The summed E-state index contributed by atoms with van der Waals surface area (Å²) < 4.78 is 16.1. The van der Waals surface area contributed by atoms with Gasteiger partial charge in [0.1, 0.15) is 11.2 Å². The fourth-order valence-corrected chi connectivity index (χ4v) is 35.1. The zero-order valence-corrected chi connectivity index (χ0v) is 45.2. The highest BCUT2D eigenvalue weighted by Crippen LogP contribution is 2.59. The molecule has 0 saturated heterocycles. The molecule has 4 spiro atoms. The Morgan fingerprint density at radius 2 is 0.797 bits per heavy atom. The number of para-hydroxylation sites is 3. The number of fused-ring (bicyclic) bond motifs is 22. The summed E-state index contributed by atoms with van der Waals surface area (Å²) in [6.45, 7) is 0. The number of anilines is 3. The first kappa shape index (κ1) is 39.8. The van der Waals surface area contributed by atoms with Gasteiger partial charge in [-0.15, -0.1) is 0 Å². The van der Waals surface area contributed by atoms with Crippen molar-refractivity contribution in [3.05, 3.63) is 243 Å². The maximum Gasteiger partial charge on any atom is 0.350 e. The Bertz CT molecular complexity index is 5100. The molecule has 22 rings (SSSR count). The van der Waals surface area contributed by atoms with Gasteiger partial charge in [0.25, 0.3) is 5.69 Å². The maximum absolute atomic E-state index is 7.76. The molecule has 360 valence electrons. The van der Waals surface area contributed by atoms with Gasteiger partial charge in [-0.2, -0.15) is 9.47 Å². The van der Waals surface area contributed by atoms with Crippen LogP contribution in [0, 0.1) is 0 Å². The van der Waals surface area contributed by atoms with Crippen molar-refractivity contribution in [2.24, 2.45) is 0 Å². The number of ether oxygens (including phenoxy) is 1. The third kappa shape index (κ3) is 3.69. The Morgan fingerprint density at radius 3 is 1.38 bits per heavy atom. The first-order chi connectivity index (χ1) is 39.2. The van der Waals surface area contributed by atoms with Crippen LogP contribution >= 0.6 is 0 Å². The van der Waals surface area contributed by atoms with E-state index in [0.29, 0.717) is 0 Å². The summed E-state index contributed by atoms with van der Waals surface area (Å²) in [6, 6.07) is 93.3. The Morgan fingerprint density at radius 1 is 0.354 bits per heavy atom. The van der Waals surface area contributed by atoms with Crippen molar-refractivity contribution >= 4 is 137 Å². The highest BCUT2D eigenvalue weighted by Gasteiger charge is 2.75. The molecular formula is C70H40N5OSi3+3. The second kappa shape index (κ2) is 12.6. The van der Waals surface area contributed by atoms with Crippen molar-refractivity contribution in [2.45, 2.75) is 0 Å². The van der Waals surface area contributed by atoms with E-state index in [4.69, 9.17) is 4.74 Å². The number of benzene rings is 10. The van der Waals surface area contributed by atoms with Crippen LogP contribution in [-0.4, -0.2) is 28.8 Å². The Hall–Kier alpha value is -9.49. The number of rotatable bonds is 0. The largest absolute Gasteiger partial charge is 0.412 e. The van der Waals surface area contributed by atoms with Gasteiger partial charge >= 0.3 is 23.0 Å². The molecule has 1 unspecified atom stereocenters. The summed E-state index contributed by atoms with van der Waals surface area (Å²) in [5.74, 6) is 2.93. The maximum atomic E-state index is 7.76. The van der Waals surface area contributed by atoms with Crippen LogP contribution in [0.3, 0.4) is 0 Å². The van der Waals surface area contributed by atoms with Crippen molar-refractivity contribution in [1.82, 2.24) is 9.27 Å². The number of aromatic nitrogens is 3. The van der Waals surface area contributed by atoms with E-state index in [1.807, 2.05) is 0 Å². The standard InChI is InChI=1S/C70H40N5OSi3/c1-7-26-51-41(17-1)42-18-2-8-27-52(42)77(51)57-32-13-23-47-48-24-16-40-71-69(48)72(64(47)57)67-61(77)37-36-50-68(67)75(71)49-25-14-33-58-65(49)73-66-59(78(58)53-28-9-3-19-43(53)44-20-4-10-29-54(44)78)34-15-35-60(66)79(62-38-39-63(76-50)74(75)70(62)73)55-30-11-5-21-45(55)46-22-6-12-31-56(46)79/h1-40H/q+3. The van der Waals surface area contributed by atoms with Gasteiger partial charge in [0.2, 0.25) is 17.1 Å². The minimum Gasteiger partial charge on any atom is -0.412 e. The van der Waals surface area contributed by atoms with Gasteiger partial charge in [0.05, 0.1) is 10.1 Å². The second-order valence-corrected chi connectivity index (χ2v) is 34.1. The van der Waals surface area contributed by atoms with Crippen LogP contribution in [0.2, 0.25) is 0 Å². The van der Waals surface area contributed by atoms with E-state index in [1.165, 1.54) is 146 Å². The molecule has 0 N–H and O–H groups in total. The molecule has 0 bridgehead atoms. The van der Waals surface area contributed by atoms with Crippen LogP contribution in [0.25, 0.3) is 61.0 Å². The summed E-state index contributed by atoms with van der Waals surface area (Å²) in [5, 5.41) is 20.0. The van der Waals surface area contributed by atoms with E-state index in [1.54, 1.807) is 0 Å². The zero-order chi connectivity index (χ0) is 50.6. The average Bonchev–Trinajstić information content (AvgIpc) is 3.03. The number of hydrogen-bond acceptors (Lipinski definition) is 2. The van der Waals surface area contributed by atoms with Gasteiger partial charge in [0, 0.05) is 53.3 Å². The molecule has 9 aliphatic heterocycles. The fourth-order valence-electron chi connectivity index (χ4n) is 18.3. The lowest BCUT2D eigenvalue weighted by atomic mass is 10.1. The molecule has 79 heavy (non-hydrogen) atoms. The first-order valence-electron chi connectivity index (χ1n) is 27.7. The van der Waals surface area contributed by atoms with Crippen LogP contribution in [-0.2, 0) is 0 Å². The van der Waals surface area contributed by atoms with Crippen molar-refractivity contribution in [1.29, 1.82) is 0 Å². The summed E-state index contributed by atoms with van der Waals surface area (Å²) in [7, 11) is -9.38. The van der Waals surface area contributed by atoms with E-state index in [9.17, 15) is 0 Å². The molecule has 12 heterocycles. The Labute approximate surface area is 456 Å². The molecule has 3 aromatic heterocycles. The van der Waals surface area contributed by atoms with E-state index in [-0.39, 0.29) is 4.70 Å². The quantitative estimate of drug-likeness (QED) is 0.104. The minimum absolute atomic E-state index is 0.270. The van der Waals surface area contributed by atoms with E-state index in [2.05, 4.69) is 262 Å². The van der Waals surface area contributed by atoms with Gasteiger partial charge in [-0.05, 0) is 99.5 Å². The molecule has 9 heteroatoms. The van der Waals surface area contributed by atoms with Gasteiger partial charge in [-0.25, -0.2) is 0 Å². The number of nitrogens with zero attached hydrogens (tertiary/aromatic N) is 5.